The third-order valence-electron chi connectivity index (χ3n) is 4.35. The predicted octanol–water partition coefficient (Wildman–Crippen LogP) is 3.33. The van der Waals surface area contributed by atoms with Crippen molar-refractivity contribution in [2.45, 2.75) is 32.4 Å². The zero-order valence-corrected chi connectivity index (χ0v) is 14.9. The Morgan fingerprint density at radius 2 is 1.77 bits per heavy atom. The number of imidazole rings is 1. The van der Waals surface area contributed by atoms with Gasteiger partial charge < -0.3 is 9.47 Å². The lowest BCUT2D eigenvalue weighted by atomic mass is 10.1. The summed E-state index contributed by atoms with van der Waals surface area (Å²) in [5.74, 6) is 0.191. The van der Waals surface area contributed by atoms with E-state index in [9.17, 15) is 4.79 Å². The van der Waals surface area contributed by atoms with Gasteiger partial charge in [-0.1, -0.05) is 30.3 Å². The SMILES string of the molecule is O=C(CCc1ccccc1)N(CCCn1ccnc1)Cc1ccncc1. The van der Waals surface area contributed by atoms with Gasteiger partial charge in [0.1, 0.15) is 0 Å². The van der Waals surface area contributed by atoms with Crippen molar-refractivity contribution < 1.29 is 4.79 Å². The lowest BCUT2D eigenvalue weighted by molar-refractivity contribution is -0.131. The molecular weight excluding hydrogens is 324 g/mol. The van der Waals surface area contributed by atoms with Crippen molar-refractivity contribution in [3.63, 3.8) is 0 Å². The largest absolute Gasteiger partial charge is 0.338 e. The number of carbonyl (C=O) groups excluding carboxylic acids is 1. The monoisotopic (exact) mass is 348 g/mol. The van der Waals surface area contributed by atoms with Crippen LogP contribution in [0, 0.1) is 0 Å². The summed E-state index contributed by atoms with van der Waals surface area (Å²) >= 11 is 0. The lowest BCUT2D eigenvalue weighted by Crippen LogP contribution is -2.32. The number of hydrogen-bond acceptors (Lipinski definition) is 3. The van der Waals surface area contributed by atoms with Crippen molar-refractivity contribution >= 4 is 5.91 Å². The number of amides is 1. The molecule has 0 spiro atoms. The standard InChI is InChI=1S/C21H24N4O/c26-21(8-7-19-5-2-1-3-6-19)25(17-20-9-11-22-12-10-20)15-4-14-24-16-13-23-18-24/h1-3,5-6,9-13,16,18H,4,7-8,14-15,17H2. The van der Waals surface area contributed by atoms with Crippen molar-refractivity contribution in [1.82, 2.24) is 19.4 Å². The maximum Gasteiger partial charge on any atom is 0.223 e. The molecule has 0 radical (unpaired) electrons. The fourth-order valence-electron chi connectivity index (χ4n) is 2.92. The highest BCUT2D eigenvalue weighted by molar-refractivity contribution is 5.76. The molecule has 3 aromatic rings. The highest BCUT2D eigenvalue weighted by Crippen LogP contribution is 2.10. The van der Waals surface area contributed by atoms with Gasteiger partial charge in [0, 0.05) is 50.8 Å². The van der Waals surface area contributed by atoms with E-state index in [-0.39, 0.29) is 5.91 Å². The number of aromatic nitrogens is 3. The molecule has 0 saturated carbocycles. The van der Waals surface area contributed by atoms with Crippen LogP contribution in [0.25, 0.3) is 0 Å². The highest BCUT2D eigenvalue weighted by atomic mass is 16.2. The van der Waals surface area contributed by atoms with Gasteiger partial charge in [-0.3, -0.25) is 9.78 Å². The number of aryl methyl sites for hydroxylation is 2. The quantitative estimate of drug-likeness (QED) is 0.596. The van der Waals surface area contributed by atoms with Crippen LogP contribution in [0.2, 0.25) is 0 Å². The Morgan fingerprint density at radius 3 is 2.50 bits per heavy atom. The molecule has 26 heavy (non-hydrogen) atoms. The average molecular weight is 348 g/mol. The average Bonchev–Trinajstić information content (AvgIpc) is 3.20. The Hall–Kier alpha value is -2.95. The Morgan fingerprint density at radius 1 is 0.962 bits per heavy atom. The molecule has 0 N–H and O–H groups in total. The number of benzene rings is 1. The van der Waals surface area contributed by atoms with Crippen LogP contribution < -0.4 is 0 Å². The third-order valence-corrected chi connectivity index (χ3v) is 4.35. The molecular formula is C21H24N4O. The van der Waals surface area contributed by atoms with E-state index in [0.717, 1.165) is 31.5 Å². The molecule has 134 valence electrons. The van der Waals surface area contributed by atoms with Crippen molar-refractivity contribution in [1.29, 1.82) is 0 Å². The maximum absolute atomic E-state index is 12.8. The van der Waals surface area contributed by atoms with Gasteiger partial charge in [-0.2, -0.15) is 0 Å². The summed E-state index contributed by atoms with van der Waals surface area (Å²) in [6, 6.07) is 14.1. The van der Waals surface area contributed by atoms with E-state index in [1.165, 1.54) is 5.56 Å². The lowest BCUT2D eigenvalue weighted by Gasteiger charge is -2.23. The molecule has 5 heteroatoms. The number of hydrogen-bond donors (Lipinski definition) is 0. The first kappa shape index (κ1) is 17.9. The summed E-state index contributed by atoms with van der Waals surface area (Å²) in [6.07, 6.45) is 11.3. The summed E-state index contributed by atoms with van der Waals surface area (Å²) in [5, 5.41) is 0. The first-order valence-corrected chi connectivity index (χ1v) is 8.97. The van der Waals surface area contributed by atoms with Crippen molar-refractivity contribution in [2.75, 3.05) is 6.54 Å². The minimum absolute atomic E-state index is 0.191. The number of rotatable bonds is 9. The summed E-state index contributed by atoms with van der Waals surface area (Å²) < 4.78 is 2.04. The Kier molecular flexibility index (Phi) is 6.53. The summed E-state index contributed by atoms with van der Waals surface area (Å²) in [7, 11) is 0. The van der Waals surface area contributed by atoms with Crippen LogP contribution in [0.15, 0.2) is 73.6 Å². The zero-order chi connectivity index (χ0) is 18.0. The highest BCUT2D eigenvalue weighted by Gasteiger charge is 2.14. The number of nitrogens with zero attached hydrogens (tertiary/aromatic N) is 4. The van der Waals surface area contributed by atoms with Gasteiger partial charge in [0.25, 0.3) is 0 Å². The minimum Gasteiger partial charge on any atom is -0.338 e. The van der Waals surface area contributed by atoms with E-state index in [4.69, 9.17) is 0 Å². The van der Waals surface area contributed by atoms with E-state index in [2.05, 4.69) is 22.1 Å². The number of carbonyl (C=O) groups is 1. The van der Waals surface area contributed by atoms with Gasteiger partial charge in [0.2, 0.25) is 5.91 Å². The smallest absolute Gasteiger partial charge is 0.223 e. The molecule has 0 aliphatic carbocycles. The van der Waals surface area contributed by atoms with Gasteiger partial charge in [0.15, 0.2) is 0 Å². The summed E-state index contributed by atoms with van der Waals surface area (Å²) in [5.41, 5.74) is 2.30. The summed E-state index contributed by atoms with van der Waals surface area (Å²) in [4.78, 5) is 22.9. The Bertz CT molecular complexity index is 772. The van der Waals surface area contributed by atoms with Crippen LogP contribution in [0.1, 0.15) is 24.0 Å². The Labute approximate surface area is 154 Å². The molecule has 1 aromatic carbocycles. The minimum atomic E-state index is 0.191. The van der Waals surface area contributed by atoms with E-state index in [1.54, 1.807) is 18.6 Å². The molecule has 3 rings (SSSR count). The molecule has 0 fully saturated rings. The molecule has 2 aromatic heterocycles. The molecule has 0 saturated heterocycles. The van der Waals surface area contributed by atoms with Gasteiger partial charge in [-0.25, -0.2) is 4.98 Å². The second-order valence-corrected chi connectivity index (χ2v) is 6.31. The van der Waals surface area contributed by atoms with Crippen molar-refractivity contribution in [3.8, 4) is 0 Å². The Balaban J connectivity index is 1.58. The molecule has 0 atom stereocenters. The van der Waals surface area contributed by atoms with Crippen LogP contribution in [0.3, 0.4) is 0 Å². The summed E-state index contributed by atoms with van der Waals surface area (Å²) in [6.45, 7) is 2.22. The number of pyridine rings is 1. The van der Waals surface area contributed by atoms with Gasteiger partial charge >= 0.3 is 0 Å². The van der Waals surface area contributed by atoms with Gasteiger partial charge in [-0.05, 0) is 36.1 Å². The molecule has 0 aliphatic rings. The van der Waals surface area contributed by atoms with Crippen molar-refractivity contribution in [3.05, 3.63) is 84.7 Å². The van der Waals surface area contributed by atoms with Crippen LogP contribution >= 0.6 is 0 Å². The fourth-order valence-corrected chi connectivity index (χ4v) is 2.92. The van der Waals surface area contributed by atoms with Crippen molar-refractivity contribution in [2.24, 2.45) is 0 Å². The normalized spacial score (nSPS) is 10.6. The molecule has 0 unspecified atom stereocenters. The second-order valence-electron chi connectivity index (χ2n) is 6.31. The van der Waals surface area contributed by atoms with Crippen LogP contribution in [-0.4, -0.2) is 31.9 Å². The van der Waals surface area contributed by atoms with E-state index in [0.29, 0.717) is 13.0 Å². The topological polar surface area (TPSA) is 51.0 Å². The maximum atomic E-state index is 12.8. The fraction of sp³-hybridized carbons (Fsp3) is 0.286. The first-order chi connectivity index (χ1) is 12.8. The third kappa shape index (κ3) is 5.55. The molecule has 2 heterocycles. The first-order valence-electron chi connectivity index (χ1n) is 8.97. The van der Waals surface area contributed by atoms with Crippen LogP contribution in [0.4, 0.5) is 0 Å². The predicted molar refractivity (Wildman–Crippen MR) is 101 cm³/mol. The van der Waals surface area contributed by atoms with Crippen LogP contribution in [0.5, 0.6) is 0 Å². The molecule has 5 nitrogen and oxygen atoms in total. The second kappa shape index (κ2) is 9.51. The van der Waals surface area contributed by atoms with Gasteiger partial charge in [0.05, 0.1) is 6.33 Å². The van der Waals surface area contributed by atoms with E-state index < -0.39 is 0 Å². The molecule has 0 bridgehead atoms. The van der Waals surface area contributed by atoms with E-state index in [1.807, 2.05) is 52.3 Å². The zero-order valence-electron chi connectivity index (χ0n) is 14.9. The van der Waals surface area contributed by atoms with Crippen LogP contribution in [-0.2, 0) is 24.3 Å². The molecule has 0 aliphatic heterocycles. The van der Waals surface area contributed by atoms with E-state index >= 15 is 0 Å². The van der Waals surface area contributed by atoms with Gasteiger partial charge in [-0.15, -0.1) is 0 Å². The molecule has 1 amide bonds.